The maximum absolute atomic E-state index is 12.5. The number of carbonyl (C=O) groups excluding carboxylic acids is 1. The van der Waals surface area contributed by atoms with Crippen LogP contribution in [0.15, 0.2) is 59.2 Å². The number of fused-ring (bicyclic) bond motifs is 1. The number of hydrogen-bond acceptors (Lipinski definition) is 4. The van der Waals surface area contributed by atoms with Crippen LogP contribution in [0.2, 0.25) is 0 Å². The number of aromatic hydroxyl groups is 1. The summed E-state index contributed by atoms with van der Waals surface area (Å²) >= 11 is 0. The third-order valence-electron chi connectivity index (χ3n) is 8.77. The molecule has 0 spiro atoms. The summed E-state index contributed by atoms with van der Waals surface area (Å²) in [7, 11) is 1.64. The van der Waals surface area contributed by atoms with Gasteiger partial charge in [0.2, 0.25) is 5.91 Å². The summed E-state index contributed by atoms with van der Waals surface area (Å²) in [6, 6.07) is 7.73. The average Bonchev–Trinajstić information content (AvgIpc) is 2.97. The fraction of sp³-hybridized carbons (Fsp3) is 0.486. The topological polar surface area (TPSA) is 67.8 Å². The Kier molecular flexibility index (Phi) is 11.9. The Morgan fingerprint density at radius 2 is 1.62 bits per heavy atom. The van der Waals surface area contributed by atoms with Crippen molar-refractivity contribution in [3.63, 3.8) is 0 Å². The standard InChI is InChI=1S/C37H51NO4/c1-25(16-12-18-27(3)36(40)38-24-31-19-9-10-20-33(31)41-8)14-11-15-26(2)17-13-22-37(7)23-21-32-30(6)34(39)28(4)29(5)35(32)42-37/h9-10,14,17-20,39H,11-13,15-16,21-24H2,1-8H3,(H,38,40)/b25-14+,26-17+,27-18+/t37-/m1/s1. The Bertz CT molecular complexity index is 1350. The second-order valence-corrected chi connectivity index (χ2v) is 12.2. The zero-order valence-electron chi connectivity index (χ0n) is 27.1. The van der Waals surface area contributed by atoms with Crippen molar-refractivity contribution in [1.29, 1.82) is 0 Å². The van der Waals surface area contributed by atoms with Gasteiger partial charge in [-0.2, -0.15) is 0 Å². The number of methoxy groups -OCH3 is 1. The Hall–Kier alpha value is -3.47. The van der Waals surface area contributed by atoms with E-state index in [2.05, 4.69) is 45.2 Å². The highest BCUT2D eigenvalue weighted by molar-refractivity contribution is 5.92. The number of benzene rings is 2. The summed E-state index contributed by atoms with van der Waals surface area (Å²) in [4.78, 5) is 12.5. The van der Waals surface area contributed by atoms with Gasteiger partial charge in [0, 0.05) is 23.2 Å². The minimum absolute atomic E-state index is 0.0420. The molecule has 2 N–H and O–H groups in total. The molecule has 1 aliphatic heterocycles. The third kappa shape index (κ3) is 8.77. The second-order valence-electron chi connectivity index (χ2n) is 12.2. The van der Waals surface area contributed by atoms with E-state index in [1.54, 1.807) is 7.11 Å². The zero-order valence-corrected chi connectivity index (χ0v) is 27.1. The van der Waals surface area contributed by atoms with Gasteiger partial charge in [0.15, 0.2) is 0 Å². The number of carbonyl (C=O) groups is 1. The molecule has 2 aromatic carbocycles. The van der Waals surface area contributed by atoms with E-state index in [0.717, 1.165) is 90.7 Å². The van der Waals surface area contributed by atoms with Gasteiger partial charge >= 0.3 is 0 Å². The molecule has 42 heavy (non-hydrogen) atoms. The smallest absolute Gasteiger partial charge is 0.246 e. The molecule has 5 heteroatoms. The van der Waals surface area contributed by atoms with E-state index in [-0.39, 0.29) is 11.5 Å². The van der Waals surface area contributed by atoms with E-state index in [4.69, 9.17) is 9.47 Å². The number of rotatable bonds is 13. The number of phenols is 1. The Balaban J connectivity index is 1.40. The van der Waals surface area contributed by atoms with Crippen molar-refractivity contribution in [2.75, 3.05) is 7.11 Å². The first-order valence-corrected chi connectivity index (χ1v) is 15.3. The van der Waals surface area contributed by atoms with E-state index in [0.29, 0.717) is 12.3 Å². The fourth-order valence-corrected chi connectivity index (χ4v) is 5.62. The quantitative estimate of drug-likeness (QED) is 0.185. The molecule has 1 aliphatic rings. The Labute approximate surface area is 253 Å². The minimum atomic E-state index is -0.183. The predicted molar refractivity (Wildman–Crippen MR) is 173 cm³/mol. The number of amides is 1. The number of para-hydroxylation sites is 1. The van der Waals surface area contributed by atoms with Gasteiger partial charge in [-0.1, -0.05) is 47.6 Å². The van der Waals surface area contributed by atoms with Crippen LogP contribution >= 0.6 is 0 Å². The highest BCUT2D eigenvalue weighted by Crippen LogP contribution is 2.44. The molecule has 1 heterocycles. The largest absolute Gasteiger partial charge is 0.507 e. The fourth-order valence-electron chi connectivity index (χ4n) is 5.62. The van der Waals surface area contributed by atoms with Gasteiger partial charge in [-0.25, -0.2) is 0 Å². The van der Waals surface area contributed by atoms with Crippen LogP contribution in [0.4, 0.5) is 0 Å². The van der Waals surface area contributed by atoms with Crippen molar-refractivity contribution in [2.24, 2.45) is 0 Å². The van der Waals surface area contributed by atoms with Crippen LogP contribution in [0.3, 0.4) is 0 Å². The summed E-state index contributed by atoms with van der Waals surface area (Å²) in [6.45, 7) is 15.0. The van der Waals surface area contributed by atoms with Crippen LogP contribution in [0.1, 0.15) is 100 Å². The van der Waals surface area contributed by atoms with Gasteiger partial charge in [0.1, 0.15) is 22.8 Å². The van der Waals surface area contributed by atoms with Crippen molar-refractivity contribution in [1.82, 2.24) is 5.32 Å². The molecule has 228 valence electrons. The summed E-state index contributed by atoms with van der Waals surface area (Å²) in [6.07, 6.45) is 14.5. The number of ether oxygens (including phenoxy) is 2. The lowest BCUT2D eigenvalue weighted by molar-refractivity contribution is -0.117. The molecule has 0 saturated carbocycles. The molecule has 3 rings (SSSR count). The van der Waals surface area contributed by atoms with Crippen LogP contribution in [0.25, 0.3) is 0 Å². The summed E-state index contributed by atoms with van der Waals surface area (Å²) in [5.74, 6) is 2.14. The SMILES string of the molecule is COc1ccccc1CNC(=O)/C(C)=C/CC/C(C)=C/CC/C(C)=C/CC[C@]1(C)CCc2c(C)c(O)c(C)c(C)c2O1. The van der Waals surface area contributed by atoms with Crippen molar-refractivity contribution in [3.8, 4) is 17.2 Å². The van der Waals surface area contributed by atoms with Crippen molar-refractivity contribution in [3.05, 3.63) is 87.0 Å². The number of hydrogen-bond donors (Lipinski definition) is 2. The molecular formula is C37H51NO4. The Morgan fingerprint density at radius 1 is 0.976 bits per heavy atom. The first-order chi connectivity index (χ1) is 20.0. The van der Waals surface area contributed by atoms with Crippen LogP contribution < -0.4 is 14.8 Å². The van der Waals surface area contributed by atoms with Gasteiger partial charge < -0.3 is 19.9 Å². The molecule has 0 aliphatic carbocycles. The molecular weight excluding hydrogens is 522 g/mol. The van der Waals surface area contributed by atoms with E-state index >= 15 is 0 Å². The summed E-state index contributed by atoms with van der Waals surface area (Å²) in [5.41, 5.74) is 8.41. The van der Waals surface area contributed by atoms with Gasteiger partial charge in [-0.3, -0.25) is 4.79 Å². The Morgan fingerprint density at radius 3 is 2.31 bits per heavy atom. The first kappa shape index (κ1) is 33.0. The molecule has 1 atom stereocenters. The molecule has 2 aromatic rings. The number of allylic oxidation sites excluding steroid dienone is 5. The highest BCUT2D eigenvalue weighted by Gasteiger charge is 2.34. The molecule has 0 fully saturated rings. The molecule has 0 saturated heterocycles. The maximum Gasteiger partial charge on any atom is 0.246 e. The molecule has 1 amide bonds. The van der Waals surface area contributed by atoms with Crippen molar-refractivity contribution < 1.29 is 19.4 Å². The zero-order chi connectivity index (χ0) is 30.9. The normalized spacial score (nSPS) is 17.5. The molecule has 0 unspecified atom stereocenters. The van der Waals surface area contributed by atoms with Crippen molar-refractivity contribution in [2.45, 2.75) is 112 Å². The van der Waals surface area contributed by atoms with Gasteiger partial charge in [0.25, 0.3) is 0 Å². The van der Waals surface area contributed by atoms with Gasteiger partial charge in [-0.15, -0.1) is 0 Å². The van der Waals surface area contributed by atoms with E-state index in [1.165, 1.54) is 16.7 Å². The lowest BCUT2D eigenvalue weighted by atomic mass is 9.85. The van der Waals surface area contributed by atoms with E-state index in [9.17, 15) is 9.90 Å². The van der Waals surface area contributed by atoms with Gasteiger partial charge in [0.05, 0.1) is 7.11 Å². The van der Waals surface area contributed by atoms with E-state index in [1.807, 2.05) is 51.1 Å². The second kappa shape index (κ2) is 15.1. The number of phenolic OH excluding ortho intramolecular Hbond substituents is 1. The number of nitrogens with one attached hydrogen (secondary N) is 1. The molecule has 0 aromatic heterocycles. The third-order valence-corrected chi connectivity index (χ3v) is 8.77. The predicted octanol–water partition coefficient (Wildman–Crippen LogP) is 8.91. The van der Waals surface area contributed by atoms with Crippen LogP contribution in [0, 0.1) is 20.8 Å². The van der Waals surface area contributed by atoms with Crippen molar-refractivity contribution >= 4 is 5.91 Å². The van der Waals surface area contributed by atoms with Gasteiger partial charge in [-0.05, 0) is 123 Å². The summed E-state index contributed by atoms with van der Waals surface area (Å²) in [5, 5.41) is 13.4. The average molecular weight is 574 g/mol. The molecule has 5 nitrogen and oxygen atoms in total. The lowest BCUT2D eigenvalue weighted by Gasteiger charge is -2.38. The highest BCUT2D eigenvalue weighted by atomic mass is 16.5. The van der Waals surface area contributed by atoms with Crippen LogP contribution in [-0.2, 0) is 17.8 Å². The summed E-state index contributed by atoms with van der Waals surface area (Å²) < 4.78 is 11.9. The lowest BCUT2D eigenvalue weighted by Crippen LogP contribution is -2.37. The maximum atomic E-state index is 12.5. The monoisotopic (exact) mass is 573 g/mol. The van der Waals surface area contributed by atoms with E-state index < -0.39 is 0 Å². The minimum Gasteiger partial charge on any atom is -0.507 e. The first-order valence-electron chi connectivity index (χ1n) is 15.3. The molecule has 0 radical (unpaired) electrons. The van der Waals surface area contributed by atoms with Crippen LogP contribution in [-0.4, -0.2) is 23.7 Å². The van der Waals surface area contributed by atoms with Crippen LogP contribution in [0.5, 0.6) is 17.2 Å². The molecule has 0 bridgehead atoms.